The molecule has 5 amide bonds. The second-order valence-corrected chi connectivity index (χ2v) is 19.0. The van der Waals surface area contributed by atoms with Crippen molar-refractivity contribution in [3.8, 4) is 0 Å². The molecular weight excluding hydrogens is 636 g/mol. The number of likely N-dealkylation sites (N-methyl/N-ethyl adjacent to an activating group) is 1. The van der Waals surface area contributed by atoms with E-state index < -0.39 is 68.6 Å². The summed E-state index contributed by atoms with van der Waals surface area (Å²) in [5, 5.41) is 8.76. The number of sulfonamides is 1. The minimum atomic E-state index is -3.50. The van der Waals surface area contributed by atoms with E-state index in [-0.39, 0.29) is 35.6 Å². The van der Waals surface area contributed by atoms with Crippen LogP contribution in [0.4, 0.5) is 4.79 Å². The average Bonchev–Trinajstić information content (AvgIpc) is 3.26. The molecule has 4 fully saturated rings. The Labute approximate surface area is 286 Å². The third kappa shape index (κ3) is 8.17. The average molecular weight is 695 g/mol. The molecule has 3 saturated carbocycles. The fourth-order valence-electron chi connectivity index (χ4n) is 8.14. The van der Waals surface area contributed by atoms with E-state index in [2.05, 4.69) is 29.8 Å². The molecule has 1 saturated heterocycles. The molecule has 3 aliphatic carbocycles. The molecule has 5 N–H and O–H groups in total. The number of ketones is 1. The molecule has 1 heterocycles. The highest BCUT2D eigenvalue weighted by molar-refractivity contribution is 7.88. The molecule has 0 bridgehead atoms. The number of hydrogen-bond donors (Lipinski definition) is 4. The van der Waals surface area contributed by atoms with Crippen molar-refractivity contribution >= 4 is 39.6 Å². The predicted octanol–water partition coefficient (Wildman–Crippen LogP) is 2.14. The van der Waals surface area contributed by atoms with Gasteiger partial charge in [0.25, 0.3) is 5.91 Å². The molecule has 6 atom stereocenters. The van der Waals surface area contributed by atoms with E-state index in [1.807, 2.05) is 27.7 Å². The fraction of sp³-hybridized carbons (Fsp3) is 0.853. The van der Waals surface area contributed by atoms with Crippen molar-refractivity contribution in [3.63, 3.8) is 0 Å². The van der Waals surface area contributed by atoms with Gasteiger partial charge in [-0.25, -0.2) is 17.5 Å². The Kier molecular flexibility index (Phi) is 11.0. The highest BCUT2D eigenvalue weighted by Gasteiger charge is 2.70. The number of carbonyl (C=O) groups is 5. The van der Waals surface area contributed by atoms with Crippen LogP contribution in [0, 0.1) is 34.0 Å². The normalized spacial score (nSPS) is 26.8. The number of piperidine rings is 1. The summed E-state index contributed by atoms with van der Waals surface area (Å²) in [4.78, 5) is 68.8. The number of Topliss-reactive ketones (excluding diaryl/α,β-unsaturated/α-hetero) is 1. The Morgan fingerprint density at radius 2 is 1.56 bits per heavy atom. The lowest BCUT2D eigenvalue weighted by atomic mass is 9.70. The Balaban J connectivity index is 1.60. The van der Waals surface area contributed by atoms with Crippen molar-refractivity contribution in [2.45, 2.75) is 123 Å². The van der Waals surface area contributed by atoms with Crippen molar-refractivity contribution in [2.75, 3.05) is 26.4 Å². The zero-order valence-corrected chi connectivity index (χ0v) is 30.9. The highest BCUT2D eigenvalue weighted by atomic mass is 32.2. The summed E-state index contributed by atoms with van der Waals surface area (Å²) in [5.41, 5.74) is 4.08. The van der Waals surface area contributed by atoms with Crippen LogP contribution in [0.5, 0.6) is 0 Å². The van der Waals surface area contributed by atoms with Gasteiger partial charge in [-0.05, 0) is 53.3 Å². The summed E-state index contributed by atoms with van der Waals surface area (Å²) in [6, 6.07) is -4.01. The quantitative estimate of drug-likeness (QED) is 0.213. The smallest absolute Gasteiger partial charge is 0.315 e. The van der Waals surface area contributed by atoms with E-state index in [1.54, 1.807) is 4.90 Å². The maximum Gasteiger partial charge on any atom is 0.315 e. The molecule has 4 rings (SSSR count). The molecule has 13 nitrogen and oxygen atoms in total. The summed E-state index contributed by atoms with van der Waals surface area (Å²) in [5.74, 6) is -2.61. The van der Waals surface area contributed by atoms with Crippen LogP contribution in [-0.2, 0) is 29.2 Å². The fourth-order valence-corrected chi connectivity index (χ4v) is 8.56. The van der Waals surface area contributed by atoms with Crippen molar-refractivity contribution in [1.29, 1.82) is 0 Å². The first-order chi connectivity index (χ1) is 22.1. The first-order valence-electron chi connectivity index (χ1n) is 17.5. The minimum absolute atomic E-state index is 0.0461. The Bertz CT molecular complexity index is 1380. The van der Waals surface area contributed by atoms with Crippen LogP contribution in [0.15, 0.2) is 0 Å². The zero-order chi connectivity index (χ0) is 36.0. The number of carbonyl (C=O) groups excluding carboxylic acids is 5. The van der Waals surface area contributed by atoms with E-state index in [0.717, 1.165) is 44.8 Å². The van der Waals surface area contributed by atoms with Crippen molar-refractivity contribution < 1.29 is 32.4 Å². The van der Waals surface area contributed by atoms with Gasteiger partial charge in [-0.1, -0.05) is 80.1 Å². The number of nitrogens with one attached hydrogen (secondary N) is 3. The number of rotatable bonds is 13. The maximum absolute atomic E-state index is 14.7. The van der Waals surface area contributed by atoms with Crippen LogP contribution >= 0.6 is 0 Å². The standard InChI is InChI=1S/C34H58N6O7S/c1-32(2,3)23(19-39(7)48(8,46)47)37-31(45)38-27(34(6)15-10-9-11-16-34)30(44)40-18-21-24(33(21,4)5)25(40)29(43)36-22(26(41)28(35)42)17-20-13-12-14-20/h20-25,27H,9-19H2,1-8H3,(H2,35,42)(H,36,43)(H2,37,38,45)/t21-,22?,23+,24-,25-,27+/m0/s1. The van der Waals surface area contributed by atoms with Gasteiger partial charge in [0.15, 0.2) is 0 Å². The lowest BCUT2D eigenvalue weighted by Crippen LogP contribution is -2.63. The number of urea groups is 1. The minimum Gasteiger partial charge on any atom is -0.363 e. The Hall–Kier alpha value is -2.74. The molecule has 0 aromatic carbocycles. The van der Waals surface area contributed by atoms with Gasteiger partial charge >= 0.3 is 6.03 Å². The molecule has 1 aliphatic heterocycles. The summed E-state index contributed by atoms with van der Waals surface area (Å²) in [7, 11) is -2.04. The van der Waals surface area contributed by atoms with E-state index in [9.17, 15) is 32.4 Å². The number of fused-ring (bicyclic) bond motifs is 1. The lowest BCUT2D eigenvalue weighted by Gasteiger charge is -2.43. The van der Waals surface area contributed by atoms with Crippen LogP contribution in [0.2, 0.25) is 0 Å². The Morgan fingerprint density at radius 3 is 2.06 bits per heavy atom. The molecule has 0 spiro atoms. The van der Waals surface area contributed by atoms with Crippen molar-refractivity contribution in [3.05, 3.63) is 0 Å². The van der Waals surface area contributed by atoms with E-state index in [4.69, 9.17) is 5.73 Å². The topological polar surface area (TPSA) is 188 Å². The Morgan fingerprint density at radius 1 is 0.958 bits per heavy atom. The molecule has 1 unspecified atom stereocenters. The number of nitrogens with two attached hydrogens (primary N) is 1. The van der Waals surface area contributed by atoms with Gasteiger partial charge in [0.2, 0.25) is 27.6 Å². The molecule has 0 radical (unpaired) electrons. The van der Waals surface area contributed by atoms with Crippen molar-refractivity contribution in [2.24, 2.45) is 39.7 Å². The maximum atomic E-state index is 14.7. The van der Waals surface area contributed by atoms with E-state index >= 15 is 0 Å². The second kappa shape index (κ2) is 13.9. The van der Waals surface area contributed by atoms with Crippen molar-refractivity contribution in [1.82, 2.24) is 25.2 Å². The van der Waals surface area contributed by atoms with Crippen LogP contribution in [0.1, 0.15) is 99.3 Å². The second-order valence-electron chi connectivity index (χ2n) is 16.9. The molecule has 272 valence electrons. The SMILES string of the molecule is CN(C[C@@H](NC(=O)N[C@H](C(=O)N1C[C@H]2[C@@H]([C@H]1C(=O)NC(CC1CCC1)C(=O)C(N)=O)C2(C)C)C1(C)CCCCC1)C(C)(C)C)S(C)(=O)=O. The largest absolute Gasteiger partial charge is 0.363 e. The first kappa shape index (κ1) is 38.1. The molecule has 4 aliphatic rings. The monoisotopic (exact) mass is 694 g/mol. The number of hydrogen-bond acceptors (Lipinski definition) is 7. The number of primary amides is 1. The van der Waals surface area contributed by atoms with Gasteiger partial charge in [-0.15, -0.1) is 0 Å². The van der Waals surface area contributed by atoms with Gasteiger partial charge in [-0.2, -0.15) is 0 Å². The lowest BCUT2D eigenvalue weighted by molar-refractivity contribution is -0.146. The molecule has 0 aromatic heterocycles. The molecule has 14 heteroatoms. The van der Waals surface area contributed by atoms with Crippen LogP contribution in [0.25, 0.3) is 0 Å². The number of nitrogens with zero attached hydrogens (tertiary/aromatic N) is 2. The van der Waals surface area contributed by atoms with Gasteiger partial charge in [0, 0.05) is 26.2 Å². The molecule has 0 aromatic rings. The zero-order valence-electron chi connectivity index (χ0n) is 30.1. The third-order valence-electron chi connectivity index (χ3n) is 12.0. The summed E-state index contributed by atoms with van der Waals surface area (Å²) < 4.78 is 25.6. The van der Waals surface area contributed by atoms with Crippen LogP contribution in [0.3, 0.4) is 0 Å². The van der Waals surface area contributed by atoms with Gasteiger partial charge in [0.1, 0.15) is 12.1 Å². The van der Waals surface area contributed by atoms with E-state index in [0.29, 0.717) is 25.8 Å². The van der Waals surface area contributed by atoms with Gasteiger partial charge in [-0.3, -0.25) is 19.2 Å². The third-order valence-corrected chi connectivity index (χ3v) is 13.3. The summed E-state index contributed by atoms with van der Waals surface area (Å²) in [6.45, 7) is 12.2. The van der Waals surface area contributed by atoms with E-state index in [1.165, 1.54) is 11.4 Å². The van der Waals surface area contributed by atoms with Gasteiger partial charge < -0.3 is 26.6 Å². The number of likely N-dealkylation sites (tertiary alicyclic amines) is 1. The summed E-state index contributed by atoms with van der Waals surface area (Å²) >= 11 is 0. The van der Waals surface area contributed by atoms with Crippen LogP contribution in [-0.4, -0.2) is 97.7 Å². The highest BCUT2D eigenvalue weighted by Crippen LogP contribution is 2.65. The van der Waals surface area contributed by atoms with Gasteiger partial charge in [0.05, 0.1) is 12.3 Å². The predicted molar refractivity (Wildman–Crippen MR) is 182 cm³/mol. The molecular formula is C34H58N6O7S. The first-order valence-corrected chi connectivity index (χ1v) is 19.4. The molecule has 48 heavy (non-hydrogen) atoms. The summed E-state index contributed by atoms with van der Waals surface area (Å²) in [6.07, 6.45) is 8.54. The van der Waals surface area contributed by atoms with Crippen LogP contribution < -0.4 is 21.7 Å². The number of amides is 5.